The molecule has 0 aliphatic carbocycles. The van der Waals surface area contributed by atoms with E-state index >= 15 is 0 Å². The second-order valence-electron chi connectivity index (χ2n) is 3.76. The molecule has 0 bridgehead atoms. The zero-order valence-electron chi connectivity index (χ0n) is 8.67. The summed E-state index contributed by atoms with van der Waals surface area (Å²) in [6.07, 6.45) is 0.850. The number of aryl methyl sites for hydroxylation is 2. The summed E-state index contributed by atoms with van der Waals surface area (Å²) in [7, 11) is 0. The van der Waals surface area contributed by atoms with Crippen LogP contribution in [-0.2, 0) is 0 Å². The molecule has 0 spiro atoms. The van der Waals surface area contributed by atoms with Crippen molar-refractivity contribution in [3.63, 3.8) is 0 Å². The molecule has 0 amide bonds. The maximum atomic E-state index is 8.82. The van der Waals surface area contributed by atoms with Crippen molar-refractivity contribution in [2.75, 3.05) is 6.61 Å². The van der Waals surface area contributed by atoms with E-state index in [2.05, 4.69) is 39.0 Å². The summed E-state index contributed by atoms with van der Waals surface area (Å²) in [6.45, 7) is 6.68. The van der Waals surface area contributed by atoms with Crippen molar-refractivity contribution in [2.24, 2.45) is 0 Å². The van der Waals surface area contributed by atoms with E-state index in [9.17, 15) is 0 Å². The summed E-state index contributed by atoms with van der Waals surface area (Å²) in [6, 6.07) is 6.52. The summed E-state index contributed by atoms with van der Waals surface area (Å²) in [5.41, 5.74) is 4.00. The highest BCUT2D eigenvalue weighted by Crippen LogP contribution is 2.20. The molecular formula is C12H18O. The molecule has 1 rings (SSSR count). The van der Waals surface area contributed by atoms with E-state index in [1.165, 1.54) is 16.7 Å². The smallest absolute Gasteiger partial charge is 0.0436 e. The molecule has 0 aromatic heterocycles. The van der Waals surface area contributed by atoms with Crippen LogP contribution in [0.15, 0.2) is 18.2 Å². The maximum absolute atomic E-state index is 8.82. The molecule has 1 nitrogen and oxygen atoms in total. The van der Waals surface area contributed by atoms with Crippen LogP contribution in [0, 0.1) is 13.8 Å². The highest BCUT2D eigenvalue weighted by atomic mass is 16.3. The zero-order chi connectivity index (χ0) is 9.84. The van der Waals surface area contributed by atoms with Crippen LogP contribution in [0.1, 0.15) is 36.0 Å². The van der Waals surface area contributed by atoms with Gasteiger partial charge < -0.3 is 5.11 Å². The Labute approximate surface area is 80.4 Å². The third kappa shape index (κ3) is 2.56. The van der Waals surface area contributed by atoms with Crippen molar-refractivity contribution >= 4 is 0 Å². The average Bonchev–Trinajstić information content (AvgIpc) is 2.10. The van der Waals surface area contributed by atoms with Gasteiger partial charge >= 0.3 is 0 Å². The summed E-state index contributed by atoms with van der Waals surface area (Å²) >= 11 is 0. The first-order valence-corrected chi connectivity index (χ1v) is 4.83. The molecular weight excluding hydrogens is 160 g/mol. The van der Waals surface area contributed by atoms with E-state index < -0.39 is 0 Å². The molecule has 1 unspecified atom stereocenters. The normalized spacial score (nSPS) is 12.9. The summed E-state index contributed by atoms with van der Waals surface area (Å²) in [5.74, 6) is 0.462. The lowest BCUT2D eigenvalue weighted by Crippen LogP contribution is -1.97. The Balaban J connectivity index is 2.84. The molecule has 1 N–H and O–H groups in total. The summed E-state index contributed by atoms with van der Waals surface area (Å²) in [5, 5.41) is 8.82. The Morgan fingerprint density at radius 1 is 1.23 bits per heavy atom. The van der Waals surface area contributed by atoms with Crippen LogP contribution < -0.4 is 0 Å². The van der Waals surface area contributed by atoms with E-state index in [4.69, 9.17) is 5.11 Å². The second-order valence-corrected chi connectivity index (χ2v) is 3.76. The van der Waals surface area contributed by atoms with Gasteiger partial charge in [0.15, 0.2) is 0 Å². The lowest BCUT2D eigenvalue weighted by Gasteiger charge is -2.11. The first-order chi connectivity index (χ1) is 6.15. The molecule has 0 radical (unpaired) electrons. The molecule has 0 heterocycles. The van der Waals surface area contributed by atoms with Crippen LogP contribution in [-0.4, -0.2) is 11.7 Å². The van der Waals surface area contributed by atoms with Crippen molar-refractivity contribution < 1.29 is 5.11 Å². The molecule has 0 fully saturated rings. The Morgan fingerprint density at radius 2 is 1.92 bits per heavy atom. The third-order valence-electron chi connectivity index (χ3n) is 2.66. The van der Waals surface area contributed by atoms with Gasteiger partial charge in [0, 0.05) is 6.61 Å². The number of aliphatic hydroxyl groups is 1. The van der Waals surface area contributed by atoms with E-state index in [0.29, 0.717) is 5.92 Å². The van der Waals surface area contributed by atoms with Crippen molar-refractivity contribution in [1.29, 1.82) is 0 Å². The van der Waals surface area contributed by atoms with Gasteiger partial charge in [-0.05, 0) is 42.9 Å². The van der Waals surface area contributed by atoms with E-state index in [1.54, 1.807) is 0 Å². The lowest BCUT2D eigenvalue weighted by atomic mass is 9.95. The third-order valence-corrected chi connectivity index (χ3v) is 2.66. The van der Waals surface area contributed by atoms with Crippen LogP contribution in [0.25, 0.3) is 0 Å². The van der Waals surface area contributed by atoms with Crippen molar-refractivity contribution in [1.82, 2.24) is 0 Å². The van der Waals surface area contributed by atoms with Crippen molar-refractivity contribution in [2.45, 2.75) is 33.1 Å². The second kappa shape index (κ2) is 4.43. The number of aliphatic hydroxyl groups excluding tert-OH is 1. The number of rotatable bonds is 3. The Kier molecular flexibility index (Phi) is 3.49. The van der Waals surface area contributed by atoms with Crippen LogP contribution in [0.4, 0.5) is 0 Å². The minimum atomic E-state index is 0.272. The molecule has 1 aromatic rings. The summed E-state index contributed by atoms with van der Waals surface area (Å²) < 4.78 is 0. The van der Waals surface area contributed by atoms with Crippen molar-refractivity contribution in [3.8, 4) is 0 Å². The van der Waals surface area contributed by atoms with Gasteiger partial charge in [-0.2, -0.15) is 0 Å². The molecule has 1 heteroatoms. The Hall–Kier alpha value is -0.820. The molecule has 1 aromatic carbocycles. The number of hydrogen-bond donors (Lipinski definition) is 1. The fourth-order valence-electron chi connectivity index (χ4n) is 1.43. The fourth-order valence-corrected chi connectivity index (χ4v) is 1.43. The fraction of sp³-hybridized carbons (Fsp3) is 0.500. The van der Waals surface area contributed by atoms with E-state index in [-0.39, 0.29) is 6.61 Å². The molecule has 0 aliphatic heterocycles. The number of benzene rings is 1. The molecule has 1 atom stereocenters. The lowest BCUT2D eigenvalue weighted by molar-refractivity contribution is 0.278. The molecule has 0 aliphatic rings. The van der Waals surface area contributed by atoms with E-state index in [1.807, 2.05) is 0 Å². The molecule has 72 valence electrons. The Bertz CT molecular complexity index is 278. The molecule has 0 saturated carbocycles. The maximum Gasteiger partial charge on any atom is 0.0436 e. The van der Waals surface area contributed by atoms with Gasteiger partial charge in [0.05, 0.1) is 0 Å². The topological polar surface area (TPSA) is 20.2 Å². The van der Waals surface area contributed by atoms with Gasteiger partial charge in [0.25, 0.3) is 0 Å². The van der Waals surface area contributed by atoms with Gasteiger partial charge in [0.2, 0.25) is 0 Å². The highest BCUT2D eigenvalue weighted by molar-refractivity contribution is 5.31. The van der Waals surface area contributed by atoms with Gasteiger partial charge in [-0.1, -0.05) is 25.1 Å². The minimum absolute atomic E-state index is 0.272. The van der Waals surface area contributed by atoms with Crippen LogP contribution in [0.3, 0.4) is 0 Å². The first kappa shape index (κ1) is 10.3. The van der Waals surface area contributed by atoms with Crippen LogP contribution >= 0.6 is 0 Å². The van der Waals surface area contributed by atoms with Crippen molar-refractivity contribution in [3.05, 3.63) is 34.9 Å². The number of hydrogen-bond acceptors (Lipinski definition) is 1. The van der Waals surface area contributed by atoms with Gasteiger partial charge in [-0.3, -0.25) is 0 Å². The quantitative estimate of drug-likeness (QED) is 0.754. The predicted molar refractivity (Wildman–Crippen MR) is 56.0 cm³/mol. The monoisotopic (exact) mass is 178 g/mol. The highest BCUT2D eigenvalue weighted by Gasteiger charge is 2.04. The Morgan fingerprint density at radius 3 is 2.46 bits per heavy atom. The van der Waals surface area contributed by atoms with Gasteiger partial charge in [-0.25, -0.2) is 0 Å². The van der Waals surface area contributed by atoms with Gasteiger partial charge in [-0.15, -0.1) is 0 Å². The average molecular weight is 178 g/mol. The summed E-state index contributed by atoms with van der Waals surface area (Å²) in [4.78, 5) is 0. The minimum Gasteiger partial charge on any atom is -0.396 e. The molecule has 0 saturated heterocycles. The van der Waals surface area contributed by atoms with Crippen LogP contribution in [0.5, 0.6) is 0 Å². The SMILES string of the molecule is Cc1ccc(C(C)CCO)cc1C. The zero-order valence-corrected chi connectivity index (χ0v) is 8.67. The van der Waals surface area contributed by atoms with Crippen LogP contribution in [0.2, 0.25) is 0 Å². The van der Waals surface area contributed by atoms with E-state index in [0.717, 1.165) is 6.42 Å². The predicted octanol–water partition coefficient (Wildman–Crippen LogP) is 2.79. The first-order valence-electron chi connectivity index (χ1n) is 4.83. The van der Waals surface area contributed by atoms with Gasteiger partial charge in [0.1, 0.15) is 0 Å². The molecule has 13 heavy (non-hydrogen) atoms. The standard InChI is InChI=1S/C12H18O/c1-9-4-5-12(8-11(9)3)10(2)6-7-13/h4-5,8,10,13H,6-7H2,1-3H3. The largest absolute Gasteiger partial charge is 0.396 e.